The Morgan fingerprint density at radius 2 is 1.41 bits per heavy atom. The van der Waals surface area contributed by atoms with E-state index < -0.39 is 10.1 Å². The van der Waals surface area contributed by atoms with Gasteiger partial charge >= 0.3 is 37.7 Å². The Bertz CT molecular complexity index is 273. The van der Waals surface area contributed by atoms with Crippen LogP contribution in [0.25, 0.3) is 0 Å². The Kier molecular flexibility index (Phi) is 15.9. The zero-order valence-electron chi connectivity index (χ0n) is 10.2. The third-order valence-electron chi connectivity index (χ3n) is 2.49. The quantitative estimate of drug-likeness (QED) is 0.382. The van der Waals surface area contributed by atoms with Crippen molar-refractivity contribution >= 4 is 47.9 Å². The SMILES string of the molecule is CCCCCCCCCCC=CS(=O)(=O)O.[CaH2]. The Labute approximate surface area is 136 Å². The van der Waals surface area contributed by atoms with Crippen LogP contribution < -0.4 is 0 Å². The summed E-state index contributed by atoms with van der Waals surface area (Å²) in [6.45, 7) is 2.21. The van der Waals surface area contributed by atoms with E-state index in [9.17, 15) is 8.42 Å². The summed E-state index contributed by atoms with van der Waals surface area (Å²) in [5.41, 5.74) is 0. The molecule has 5 heteroatoms. The monoisotopic (exact) mass is 290 g/mol. The number of hydrogen-bond donors (Lipinski definition) is 1. The van der Waals surface area contributed by atoms with Crippen molar-refractivity contribution in [3.05, 3.63) is 11.5 Å². The van der Waals surface area contributed by atoms with Gasteiger partial charge in [-0.2, -0.15) is 8.42 Å². The van der Waals surface area contributed by atoms with Crippen molar-refractivity contribution < 1.29 is 13.0 Å². The third-order valence-corrected chi connectivity index (χ3v) is 3.03. The van der Waals surface area contributed by atoms with E-state index in [1.165, 1.54) is 44.6 Å². The Morgan fingerprint density at radius 3 is 1.88 bits per heavy atom. The van der Waals surface area contributed by atoms with Crippen LogP contribution in [0.5, 0.6) is 0 Å². The fraction of sp³-hybridized carbons (Fsp3) is 0.833. The molecule has 3 nitrogen and oxygen atoms in total. The van der Waals surface area contributed by atoms with Crippen molar-refractivity contribution in [3.8, 4) is 0 Å². The fourth-order valence-electron chi connectivity index (χ4n) is 1.59. The molecule has 0 radical (unpaired) electrons. The van der Waals surface area contributed by atoms with Crippen molar-refractivity contribution in [2.45, 2.75) is 64.7 Å². The molecule has 0 unspecified atom stereocenters. The molecule has 0 rings (SSSR count). The van der Waals surface area contributed by atoms with Gasteiger partial charge in [-0.15, -0.1) is 0 Å². The van der Waals surface area contributed by atoms with E-state index in [1.54, 1.807) is 0 Å². The first kappa shape index (κ1) is 20.2. The minimum atomic E-state index is -3.91. The maximum atomic E-state index is 10.3. The van der Waals surface area contributed by atoms with Gasteiger partial charge in [0.05, 0.1) is 5.41 Å². The van der Waals surface area contributed by atoms with Crippen LogP contribution in [0.15, 0.2) is 11.5 Å². The van der Waals surface area contributed by atoms with Gasteiger partial charge in [0, 0.05) is 0 Å². The number of hydrogen-bond acceptors (Lipinski definition) is 2. The van der Waals surface area contributed by atoms with Gasteiger partial charge in [-0.3, -0.25) is 4.55 Å². The van der Waals surface area contributed by atoms with Crippen LogP contribution in [0, 0.1) is 0 Å². The Hall–Kier alpha value is 0.910. The second-order valence-corrected chi connectivity index (χ2v) is 5.45. The Morgan fingerprint density at radius 1 is 0.941 bits per heavy atom. The van der Waals surface area contributed by atoms with Crippen molar-refractivity contribution in [2.24, 2.45) is 0 Å². The van der Waals surface area contributed by atoms with Crippen LogP contribution in [-0.4, -0.2) is 50.7 Å². The molecule has 0 fully saturated rings. The molecule has 1 N–H and O–H groups in total. The van der Waals surface area contributed by atoms with Gasteiger partial charge in [0.25, 0.3) is 10.1 Å². The number of rotatable bonds is 10. The molecule has 0 spiro atoms. The van der Waals surface area contributed by atoms with Crippen LogP contribution in [0.1, 0.15) is 64.7 Å². The summed E-state index contributed by atoms with van der Waals surface area (Å²) in [6, 6.07) is 0. The van der Waals surface area contributed by atoms with Gasteiger partial charge in [0.2, 0.25) is 0 Å². The zero-order valence-corrected chi connectivity index (χ0v) is 11.0. The van der Waals surface area contributed by atoms with Crippen LogP contribution in [0.4, 0.5) is 0 Å². The molecule has 17 heavy (non-hydrogen) atoms. The van der Waals surface area contributed by atoms with Crippen LogP contribution >= 0.6 is 0 Å². The molecular formula is C12H26CaO3S. The summed E-state index contributed by atoms with van der Waals surface area (Å²) in [5, 5.41) is 0.869. The second kappa shape index (κ2) is 13.3. The molecule has 0 aliphatic carbocycles. The van der Waals surface area contributed by atoms with Crippen LogP contribution in [0.2, 0.25) is 0 Å². The molecule has 0 aromatic carbocycles. The topological polar surface area (TPSA) is 54.4 Å². The second-order valence-electron chi connectivity index (χ2n) is 4.15. The average molecular weight is 290 g/mol. The molecule has 0 heterocycles. The van der Waals surface area contributed by atoms with Gasteiger partial charge in [-0.1, -0.05) is 57.9 Å². The van der Waals surface area contributed by atoms with Gasteiger partial charge in [0.1, 0.15) is 0 Å². The van der Waals surface area contributed by atoms with Crippen molar-refractivity contribution in [3.63, 3.8) is 0 Å². The first-order valence-corrected chi connectivity index (χ1v) is 7.70. The molecule has 100 valence electrons. The van der Waals surface area contributed by atoms with Gasteiger partial charge in [0.15, 0.2) is 0 Å². The summed E-state index contributed by atoms with van der Waals surface area (Å²) in [5.74, 6) is 0. The van der Waals surface area contributed by atoms with Crippen molar-refractivity contribution in [1.29, 1.82) is 0 Å². The number of allylic oxidation sites excluding steroid dienone is 1. The summed E-state index contributed by atoms with van der Waals surface area (Å²) < 4.78 is 29.1. The number of unbranched alkanes of at least 4 members (excludes halogenated alkanes) is 8. The molecule has 0 atom stereocenters. The van der Waals surface area contributed by atoms with Crippen molar-refractivity contribution in [2.75, 3.05) is 0 Å². The van der Waals surface area contributed by atoms with E-state index in [0.717, 1.165) is 24.7 Å². The van der Waals surface area contributed by atoms with Crippen LogP contribution in [-0.2, 0) is 10.1 Å². The van der Waals surface area contributed by atoms with Crippen molar-refractivity contribution in [1.82, 2.24) is 0 Å². The molecule has 0 saturated carbocycles. The summed E-state index contributed by atoms with van der Waals surface area (Å²) in [4.78, 5) is 0. The van der Waals surface area contributed by atoms with E-state index in [1.807, 2.05) is 0 Å². The molecule has 0 aromatic heterocycles. The normalized spacial score (nSPS) is 11.6. The molecule has 0 bridgehead atoms. The fourth-order valence-corrected chi connectivity index (χ4v) is 1.96. The van der Waals surface area contributed by atoms with Gasteiger partial charge in [-0.25, -0.2) is 0 Å². The van der Waals surface area contributed by atoms with Gasteiger partial charge in [-0.05, 0) is 12.8 Å². The first-order valence-electron chi connectivity index (χ1n) is 6.20. The third kappa shape index (κ3) is 19.4. The molecule has 0 aliphatic heterocycles. The van der Waals surface area contributed by atoms with E-state index >= 15 is 0 Å². The first-order chi connectivity index (χ1) is 7.56. The van der Waals surface area contributed by atoms with E-state index in [2.05, 4.69) is 6.92 Å². The van der Waals surface area contributed by atoms with E-state index in [-0.39, 0.29) is 37.7 Å². The predicted molar refractivity (Wildman–Crippen MR) is 76.5 cm³/mol. The minimum absolute atomic E-state index is 0. The molecule has 0 aliphatic rings. The van der Waals surface area contributed by atoms with Crippen LogP contribution in [0.3, 0.4) is 0 Å². The summed E-state index contributed by atoms with van der Waals surface area (Å²) >= 11 is 0. The molecule has 0 amide bonds. The molecular weight excluding hydrogens is 264 g/mol. The zero-order chi connectivity index (χ0) is 12.3. The Balaban J connectivity index is 0. The summed E-state index contributed by atoms with van der Waals surface area (Å²) in [6.07, 6.45) is 12.2. The maximum absolute atomic E-state index is 10.3. The predicted octanol–water partition coefficient (Wildman–Crippen LogP) is 3.00. The average Bonchev–Trinajstić information content (AvgIpc) is 2.19. The standard InChI is InChI=1S/C12H24O3S.Ca.2H/c1-2-3-4-5-6-7-8-9-10-11-12-16(13,14)15;;;/h11-12H,2-10H2,1H3,(H,13,14,15);;;. The van der Waals surface area contributed by atoms with E-state index in [0.29, 0.717) is 0 Å². The van der Waals surface area contributed by atoms with E-state index in [4.69, 9.17) is 4.55 Å². The molecule has 0 saturated heterocycles. The molecule has 0 aromatic rings. The summed E-state index contributed by atoms with van der Waals surface area (Å²) in [7, 11) is -3.91. The van der Waals surface area contributed by atoms with Gasteiger partial charge < -0.3 is 0 Å².